The molecule has 144 valence electrons. The van der Waals surface area contributed by atoms with Gasteiger partial charge in [-0.25, -0.2) is 12.8 Å². The molecule has 2 aromatic rings. The Bertz CT molecular complexity index is 908. The van der Waals surface area contributed by atoms with E-state index in [4.69, 9.17) is 4.74 Å². The fourth-order valence-electron chi connectivity index (χ4n) is 3.06. The number of rotatable bonds is 5. The topological polar surface area (TPSA) is 66.9 Å². The number of methoxy groups -OCH3 is 1. The standard InChI is InChI=1S/C19H21FN2O4S/c1-26-18-5-3-2-4-15(18)14-19(23)21-10-12-22(13-11-21)27(24,25)17-8-6-16(20)7-9-17/h2-9H,10-14H2,1H3. The Kier molecular flexibility index (Phi) is 5.76. The summed E-state index contributed by atoms with van der Waals surface area (Å²) in [5.41, 5.74) is 0.798. The van der Waals surface area contributed by atoms with Gasteiger partial charge in [-0.3, -0.25) is 4.79 Å². The summed E-state index contributed by atoms with van der Waals surface area (Å²) in [5, 5.41) is 0. The second-order valence-corrected chi connectivity index (χ2v) is 8.17. The number of nitrogens with zero attached hydrogens (tertiary/aromatic N) is 2. The van der Waals surface area contributed by atoms with E-state index in [1.54, 1.807) is 18.1 Å². The average Bonchev–Trinajstić information content (AvgIpc) is 2.69. The molecule has 1 aliphatic heterocycles. The highest BCUT2D eigenvalue weighted by Gasteiger charge is 2.30. The number of carbonyl (C=O) groups excluding carboxylic acids is 1. The number of carbonyl (C=O) groups is 1. The van der Waals surface area contributed by atoms with Gasteiger partial charge >= 0.3 is 0 Å². The van der Waals surface area contributed by atoms with Crippen molar-refractivity contribution in [3.63, 3.8) is 0 Å². The summed E-state index contributed by atoms with van der Waals surface area (Å²) in [7, 11) is -2.13. The van der Waals surface area contributed by atoms with E-state index in [2.05, 4.69) is 0 Å². The Balaban J connectivity index is 1.63. The summed E-state index contributed by atoms with van der Waals surface area (Å²) in [5.74, 6) is 0.0995. The van der Waals surface area contributed by atoms with E-state index in [9.17, 15) is 17.6 Å². The van der Waals surface area contributed by atoms with Crippen molar-refractivity contribution in [3.05, 3.63) is 59.9 Å². The molecule has 1 saturated heterocycles. The number of amides is 1. The van der Waals surface area contributed by atoms with Crippen molar-refractivity contribution in [1.29, 1.82) is 0 Å². The SMILES string of the molecule is COc1ccccc1CC(=O)N1CCN(S(=O)(=O)c2ccc(F)cc2)CC1. The normalized spacial score (nSPS) is 15.6. The van der Waals surface area contributed by atoms with Crippen molar-refractivity contribution in [2.45, 2.75) is 11.3 Å². The van der Waals surface area contributed by atoms with E-state index in [0.29, 0.717) is 18.8 Å². The van der Waals surface area contributed by atoms with Crippen LogP contribution in [0.15, 0.2) is 53.4 Å². The quantitative estimate of drug-likeness (QED) is 0.780. The lowest BCUT2D eigenvalue weighted by atomic mass is 10.1. The molecule has 0 N–H and O–H groups in total. The number of halogens is 1. The maximum Gasteiger partial charge on any atom is 0.243 e. The monoisotopic (exact) mass is 392 g/mol. The maximum atomic E-state index is 13.0. The molecule has 0 aromatic heterocycles. The summed E-state index contributed by atoms with van der Waals surface area (Å²) >= 11 is 0. The first-order valence-corrected chi connectivity index (χ1v) is 10.0. The smallest absolute Gasteiger partial charge is 0.243 e. The van der Waals surface area contributed by atoms with Gasteiger partial charge in [0.1, 0.15) is 11.6 Å². The molecule has 0 bridgehead atoms. The molecule has 3 rings (SSSR count). The van der Waals surface area contributed by atoms with Crippen LogP contribution >= 0.6 is 0 Å². The zero-order valence-corrected chi connectivity index (χ0v) is 15.8. The predicted octanol–water partition coefficient (Wildman–Crippen LogP) is 1.91. The van der Waals surface area contributed by atoms with Crippen LogP contribution in [-0.4, -0.2) is 56.8 Å². The molecule has 1 heterocycles. The van der Waals surface area contributed by atoms with Crippen LogP contribution in [0.2, 0.25) is 0 Å². The third-order valence-electron chi connectivity index (χ3n) is 4.58. The Morgan fingerprint density at radius 3 is 2.30 bits per heavy atom. The van der Waals surface area contributed by atoms with Crippen LogP contribution in [0.25, 0.3) is 0 Å². The van der Waals surface area contributed by atoms with Crippen LogP contribution in [0.3, 0.4) is 0 Å². The molecule has 8 heteroatoms. The number of piperazine rings is 1. The summed E-state index contributed by atoms with van der Waals surface area (Å²) in [6.07, 6.45) is 0.203. The number of ether oxygens (including phenoxy) is 1. The summed E-state index contributed by atoms with van der Waals surface area (Å²) < 4.78 is 44.9. The van der Waals surface area contributed by atoms with Crippen molar-refractivity contribution in [2.75, 3.05) is 33.3 Å². The summed E-state index contributed by atoms with van der Waals surface area (Å²) in [4.78, 5) is 14.3. The van der Waals surface area contributed by atoms with Crippen molar-refractivity contribution in [2.24, 2.45) is 0 Å². The molecule has 2 aromatic carbocycles. The maximum absolute atomic E-state index is 13.0. The fourth-order valence-corrected chi connectivity index (χ4v) is 4.48. The molecule has 0 atom stereocenters. The van der Waals surface area contributed by atoms with E-state index >= 15 is 0 Å². The van der Waals surface area contributed by atoms with E-state index < -0.39 is 15.8 Å². The van der Waals surface area contributed by atoms with Crippen LogP contribution in [0.1, 0.15) is 5.56 Å². The van der Waals surface area contributed by atoms with Gasteiger partial charge in [0.25, 0.3) is 0 Å². The highest BCUT2D eigenvalue weighted by Crippen LogP contribution is 2.21. The molecular weight excluding hydrogens is 371 g/mol. The van der Waals surface area contributed by atoms with Crippen LogP contribution < -0.4 is 4.74 Å². The van der Waals surface area contributed by atoms with Gasteiger partial charge in [-0.15, -0.1) is 0 Å². The molecule has 0 radical (unpaired) electrons. The van der Waals surface area contributed by atoms with Gasteiger partial charge in [0.2, 0.25) is 15.9 Å². The molecule has 1 fully saturated rings. The minimum absolute atomic E-state index is 0.0534. The lowest BCUT2D eigenvalue weighted by Gasteiger charge is -2.34. The first-order valence-electron chi connectivity index (χ1n) is 8.57. The molecule has 0 saturated carbocycles. The van der Waals surface area contributed by atoms with Crippen LogP contribution in [0.4, 0.5) is 4.39 Å². The molecular formula is C19H21FN2O4S. The number of hydrogen-bond acceptors (Lipinski definition) is 4. The molecule has 1 aliphatic rings. The molecule has 6 nitrogen and oxygen atoms in total. The van der Waals surface area contributed by atoms with Gasteiger partial charge < -0.3 is 9.64 Å². The van der Waals surface area contributed by atoms with Crippen molar-refractivity contribution >= 4 is 15.9 Å². The minimum Gasteiger partial charge on any atom is -0.496 e. The lowest BCUT2D eigenvalue weighted by molar-refractivity contribution is -0.131. The lowest BCUT2D eigenvalue weighted by Crippen LogP contribution is -2.50. The Morgan fingerprint density at radius 1 is 1.04 bits per heavy atom. The Labute approximate surface area is 158 Å². The number of para-hydroxylation sites is 1. The van der Waals surface area contributed by atoms with E-state index in [-0.39, 0.29) is 30.3 Å². The summed E-state index contributed by atoms with van der Waals surface area (Å²) in [6.45, 7) is 1.04. The molecule has 0 unspecified atom stereocenters. The van der Waals surface area contributed by atoms with Gasteiger partial charge in [0.05, 0.1) is 18.4 Å². The van der Waals surface area contributed by atoms with Gasteiger partial charge in [-0.05, 0) is 30.3 Å². The fraction of sp³-hybridized carbons (Fsp3) is 0.316. The molecule has 27 heavy (non-hydrogen) atoms. The predicted molar refractivity (Wildman–Crippen MR) is 98.4 cm³/mol. The number of benzene rings is 2. The third kappa shape index (κ3) is 4.28. The highest BCUT2D eigenvalue weighted by molar-refractivity contribution is 7.89. The highest BCUT2D eigenvalue weighted by atomic mass is 32.2. The number of hydrogen-bond donors (Lipinski definition) is 0. The van der Waals surface area contributed by atoms with E-state index in [0.717, 1.165) is 17.7 Å². The first kappa shape index (κ1) is 19.3. The van der Waals surface area contributed by atoms with Crippen molar-refractivity contribution in [3.8, 4) is 5.75 Å². The average molecular weight is 392 g/mol. The van der Waals surface area contributed by atoms with Crippen molar-refractivity contribution in [1.82, 2.24) is 9.21 Å². The molecule has 1 amide bonds. The van der Waals surface area contributed by atoms with Crippen LogP contribution in [0.5, 0.6) is 5.75 Å². The third-order valence-corrected chi connectivity index (χ3v) is 6.49. The van der Waals surface area contributed by atoms with Crippen molar-refractivity contribution < 1.29 is 22.3 Å². The van der Waals surface area contributed by atoms with Crippen LogP contribution in [0, 0.1) is 5.82 Å². The van der Waals surface area contributed by atoms with E-state index in [1.165, 1.54) is 16.4 Å². The largest absolute Gasteiger partial charge is 0.496 e. The Morgan fingerprint density at radius 2 is 1.67 bits per heavy atom. The van der Waals surface area contributed by atoms with E-state index in [1.807, 2.05) is 18.2 Å². The Hall–Kier alpha value is -2.45. The molecule has 0 spiro atoms. The first-order chi connectivity index (χ1) is 12.9. The summed E-state index contributed by atoms with van der Waals surface area (Å²) in [6, 6.07) is 12.1. The zero-order chi connectivity index (χ0) is 19.4. The minimum atomic E-state index is -3.69. The second kappa shape index (κ2) is 8.06. The number of sulfonamides is 1. The second-order valence-electron chi connectivity index (χ2n) is 6.23. The van der Waals surface area contributed by atoms with Gasteiger partial charge in [0, 0.05) is 31.7 Å². The van der Waals surface area contributed by atoms with Crippen LogP contribution in [-0.2, 0) is 21.2 Å². The molecule has 0 aliphatic carbocycles. The van der Waals surface area contributed by atoms with Gasteiger partial charge in [-0.1, -0.05) is 18.2 Å². The van der Waals surface area contributed by atoms with Gasteiger partial charge in [0.15, 0.2) is 0 Å². The zero-order valence-electron chi connectivity index (χ0n) is 15.0. The van der Waals surface area contributed by atoms with Gasteiger partial charge in [-0.2, -0.15) is 4.31 Å².